The molecule has 1 unspecified atom stereocenters. The second-order valence-corrected chi connectivity index (χ2v) is 4.64. The molecule has 1 aliphatic heterocycles. The van der Waals surface area contributed by atoms with E-state index in [4.69, 9.17) is 0 Å². The fraction of sp³-hybridized carbons (Fsp3) is 0.538. The Kier molecular flexibility index (Phi) is 3.52. The number of ketones is 1. The van der Waals surface area contributed by atoms with Crippen molar-refractivity contribution in [3.05, 3.63) is 29.8 Å². The lowest BCUT2D eigenvalue weighted by atomic mass is 9.76. The van der Waals surface area contributed by atoms with Crippen molar-refractivity contribution in [1.29, 1.82) is 0 Å². The molecule has 0 aliphatic carbocycles. The number of pyridine rings is 1. The highest BCUT2D eigenvalue weighted by Gasteiger charge is 2.41. The normalized spacial score (nSPS) is 23.9. The summed E-state index contributed by atoms with van der Waals surface area (Å²) in [5.74, 6) is -0.593. The first-order valence-corrected chi connectivity index (χ1v) is 6.05. The Bertz CT molecular complexity index is 414. The number of hydrogen-bond donors (Lipinski definition) is 1. The summed E-state index contributed by atoms with van der Waals surface area (Å²) >= 11 is 0. The smallest absolute Gasteiger partial charge is 0.173 e. The number of hydrogen-bond acceptors (Lipinski definition) is 3. The lowest BCUT2D eigenvalue weighted by Crippen LogP contribution is -2.34. The molecule has 92 valence electrons. The van der Waals surface area contributed by atoms with Gasteiger partial charge in [0.2, 0.25) is 0 Å². The Labute approximate surface area is 100 Å². The van der Waals surface area contributed by atoms with E-state index >= 15 is 0 Å². The van der Waals surface area contributed by atoms with Gasteiger partial charge in [-0.3, -0.25) is 9.78 Å². The van der Waals surface area contributed by atoms with E-state index in [1.165, 1.54) is 12.3 Å². The minimum atomic E-state index is -0.514. The quantitative estimate of drug-likeness (QED) is 0.815. The van der Waals surface area contributed by atoms with Gasteiger partial charge in [0.1, 0.15) is 0 Å². The molecule has 1 aromatic rings. The van der Waals surface area contributed by atoms with E-state index in [1.54, 1.807) is 0 Å². The molecule has 0 bridgehead atoms. The largest absolute Gasteiger partial charge is 0.316 e. The molecule has 1 saturated heterocycles. The molecule has 1 atom stereocenters. The van der Waals surface area contributed by atoms with Gasteiger partial charge in [0, 0.05) is 18.2 Å². The van der Waals surface area contributed by atoms with E-state index in [0.29, 0.717) is 6.54 Å². The van der Waals surface area contributed by atoms with Crippen LogP contribution in [-0.2, 0) is 0 Å². The first-order valence-electron chi connectivity index (χ1n) is 6.05. The number of carbonyl (C=O) groups excluding carboxylic acids is 1. The van der Waals surface area contributed by atoms with Crippen molar-refractivity contribution < 1.29 is 9.18 Å². The number of carbonyl (C=O) groups is 1. The molecule has 0 amide bonds. The molecule has 0 spiro atoms. The first-order chi connectivity index (χ1) is 8.19. The van der Waals surface area contributed by atoms with Crippen LogP contribution < -0.4 is 5.32 Å². The monoisotopic (exact) mass is 236 g/mol. The highest BCUT2D eigenvalue weighted by Crippen LogP contribution is 2.35. The van der Waals surface area contributed by atoms with Crippen molar-refractivity contribution in [3.63, 3.8) is 0 Å². The molecule has 1 aliphatic rings. The van der Waals surface area contributed by atoms with Gasteiger partial charge in [-0.15, -0.1) is 0 Å². The zero-order valence-electron chi connectivity index (χ0n) is 10.0. The van der Waals surface area contributed by atoms with Crippen LogP contribution in [0.1, 0.15) is 36.5 Å². The SMILES string of the molecule is CCCC1(C(=O)c2ccncc2F)CCNC1. The molecular weight excluding hydrogens is 219 g/mol. The van der Waals surface area contributed by atoms with E-state index in [-0.39, 0.29) is 11.3 Å². The van der Waals surface area contributed by atoms with E-state index in [1.807, 2.05) is 0 Å². The standard InChI is InChI=1S/C13H17FN2O/c1-2-4-13(5-7-16-9-13)12(17)10-3-6-15-8-11(10)14/h3,6,8,16H,2,4-5,7,9H2,1H3. The van der Waals surface area contributed by atoms with Crippen LogP contribution in [0.3, 0.4) is 0 Å². The van der Waals surface area contributed by atoms with E-state index in [2.05, 4.69) is 17.2 Å². The van der Waals surface area contributed by atoms with Crippen LogP contribution in [0.2, 0.25) is 0 Å². The Morgan fingerprint density at radius 1 is 1.65 bits per heavy atom. The summed E-state index contributed by atoms with van der Waals surface area (Å²) in [5, 5.41) is 3.21. The number of halogens is 1. The Hall–Kier alpha value is -1.29. The van der Waals surface area contributed by atoms with Gasteiger partial charge in [0.05, 0.1) is 11.8 Å². The zero-order chi connectivity index (χ0) is 12.3. The molecule has 4 heteroatoms. The number of nitrogens with zero attached hydrogens (tertiary/aromatic N) is 1. The van der Waals surface area contributed by atoms with Gasteiger partial charge in [-0.2, -0.15) is 0 Å². The molecule has 0 radical (unpaired) electrons. The maximum atomic E-state index is 13.6. The van der Waals surface area contributed by atoms with Gasteiger partial charge in [-0.05, 0) is 25.5 Å². The summed E-state index contributed by atoms with van der Waals surface area (Å²) in [5.41, 5.74) is -0.242. The van der Waals surface area contributed by atoms with Crippen LogP contribution >= 0.6 is 0 Å². The van der Waals surface area contributed by atoms with Crippen molar-refractivity contribution in [2.45, 2.75) is 26.2 Å². The van der Waals surface area contributed by atoms with E-state index < -0.39 is 11.2 Å². The number of nitrogens with one attached hydrogen (secondary N) is 1. The Balaban J connectivity index is 2.32. The van der Waals surface area contributed by atoms with Crippen molar-refractivity contribution in [2.24, 2.45) is 5.41 Å². The van der Waals surface area contributed by atoms with Gasteiger partial charge in [0.25, 0.3) is 0 Å². The van der Waals surface area contributed by atoms with Crippen LogP contribution in [-0.4, -0.2) is 23.9 Å². The summed E-state index contributed by atoms with van der Waals surface area (Å²) in [4.78, 5) is 16.2. The summed E-state index contributed by atoms with van der Waals surface area (Å²) in [7, 11) is 0. The molecule has 1 N–H and O–H groups in total. The van der Waals surface area contributed by atoms with Crippen molar-refractivity contribution in [2.75, 3.05) is 13.1 Å². The van der Waals surface area contributed by atoms with Gasteiger partial charge >= 0.3 is 0 Å². The number of aromatic nitrogens is 1. The summed E-state index contributed by atoms with van der Waals surface area (Å²) in [6.07, 6.45) is 5.11. The average molecular weight is 236 g/mol. The maximum absolute atomic E-state index is 13.6. The van der Waals surface area contributed by atoms with Crippen LogP contribution in [0, 0.1) is 11.2 Å². The Morgan fingerprint density at radius 2 is 2.47 bits per heavy atom. The summed E-state index contributed by atoms with van der Waals surface area (Å²) in [6.45, 7) is 3.54. The van der Waals surface area contributed by atoms with Gasteiger partial charge in [-0.1, -0.05) is 13.3 Å². The minimum absolute atomic E-state index is 0.0794. The molecule has 0 aromatic carbocycles. The molecule has 1 aromatic heterocycles. The van der Waals surface area contributed by atoms with Gasteiger partial charge in [0.15, 0.2) is 11.6 Å². The first kappa shape index (κ1) is 12.2. The third-order valence-corrected chi connectivity index (χ3v) is 3.47. The fourth-order valence-corrected chi connectivity index (χ4v) is 2.59. The van der Waals surface area contributed by atoms with E-state index in [0.717, 1.165) is 32.0 Å². The second kappa shape index (κ2) is 4.92. The third kappa shape index (κ3) is 2.22. The average Bonchev–Trinajstić information content (AvgIpc) is 2.79. The van der Waals surface area contributed by atoms with Gasteiger partial charge < -0.3 is 5.32 Å². The van der Waals surface area contributed by atoms with Crippen LogP contribution in [0.5, 0.6) is 0 Å². The van der Waals surface area contributed by atoms with Crippen molar-refractivity contribution >= 4 is 5.78 Å². The second-order valence-electron chi connectivity index (χ2n) is 4.64. The topological polar surface area (TPSA) is 42.0 Å². The van der Waals surface area contributed by atoms with Crippen LogP contribution in [0.4, 0.5) is 4.39 Å². The lowest BCUT2D eigenvalue weighted by molar-refractivity contribution is 0.0797. The predicted octanol–water partition coefficient (Wildman–Crippen LogP) is 2.18. The Morgan fingerprint density at radius 3 is 3.06 bits per heavy atom. The lowest BCUT2D eigenvalue weighted by Gasteiger charge is -2.26. The molecule has 3 nitrogen and oxygen atoms in total. The molecular formula is C13H17FN2O. The van der Waals surface area contributed by atoms with Crippen molar-refractivity contribution in [3.8, 4) is 0 Å². The molecule has 2 rings (SSSR count). The number of Topliss-reactive ketones (excluding diaryl/α,β-unsaturated/α-hetero) is 1. The summed E-state index contributed by atoms with van der Waals surface area (Å²) in [6, 6.07) is 1.48. The highest BCUT2D eigenvalue weighted by atomic mass is 19.1. The number of rotatable bonds is 4. The van der Waals surface area contributed by atoms with Crippen LogP contribution in [0.25, 0.3) is 0 Å². The highest BCUT2D eigenvalue weighted by molar-refractivity contribution is 6.01. The predicted molar refractivity (Wildman–Crippen MR) is 63.4 cm³/mol. The van der Waals surface area contributed by atoms with Crippen LogP contribution in [0.15, 0.2) is 18.5 Å². The van der Waals surface area contributed by atoms with Crippen molar-refractivity contribution in [1.82, 2.24) is 10.3 Å². The molecule has 1 fully saturated rings. The fourth-order valence-electron chi connectivity index (χ4n) is 2.59. The maximum Gasteiger partial charge on any atom is 0.173 e. The van der Waals surface area contributed by atoms with Gasteiger partial charge in [-0.25, -0.2) is 4.39 Å². The molecule has 2 heterocycles. The minimum Gasteiger partial charge on any atom is -0.316 e. The third-order valence-electron chi connectivity index (χ3n) is 3.47. The zero-order valence-corrected chi connectivity index (χ0v) is 10.0. The summed E-state index contributed by atoms with van der Waals surface area (Å²) < 4.78 is 13.6. The molecule has 17 heavy (non-hydrogen) atoms. The molecule has 0 saturated carbocycles. The van der Waals surface area contributed by atoms with E-state index in [9.17, 15) is 9.18 Å².